The molecule has 0 saturated heterocycles. The van der Waals surface area contributed by atoms with Gasteiger partial charge in [-0.15, -0.1) is 0 Å². The van der Waals surface area contributed by atoms with Gasteiger partial charge < -0.3 is 14.7 Å². The second-order valence-electron chi connectivity index (χ2n) is 4.51. The molecule has 1 amide bonds. The smallest absolute Gasteiger partial charge is 0.326 e. The monoisotopic (exact) mass is 266 g/mol. The van der Waals surface area contributed by atoms with Crippen LogP contribution in [0.25, 0.3) is 0 Å². The van der Waals surface area contributed by atoms with E-state index in [0.29, 0.717) is 5.75 Å². The molecule has 19 heavy (non-hydrogen) atoms. The third kappa shape index (κ3) is 4.24. The van der Waals surface area contributed by atoms with E-state index in [1.54, 1.807) is 32.2 Å². The largest absolute Gasteiger partial charge is 0.482 e. The summed E-state index contributed by atoms with van der Waals surface area (Å²) >= 11 is 0. The van der Waals surface area contributed by atoms with Gasteiger partial charge in [0.15, 0.2) is 6.61 Å². The van der Waals surface area contributed by atoms with Crippen molar-refractivity contribution in [3.8, 4) is 5.75 Å². The number of carbonyl (C=O) groups is 2. The van der Waals surface area contributed by atoms with Gasteiger partial charge in [0, 0.05) is 13.2 Å². The van der Waals surface area contributed by atoms with Crippen LogP contribution in [0.3, 0.4) is 0 Å². The first-order valence-electron chi connectivity index (χ1n) is 5.94. The Morgan fingerprint density at radius 2 is 2.16 bits per heavy atom. The number of carbonyl (C=O) groups excluding carboxylic acids is 1. The number of ether oxygens (including phenoxy) is 1. The van der Waals surface area contributed by atoms with Crippen LogP contribution in [0.4, 0.5) is 0 Å². The number of hydrogen-bond donors (Lipinski definition) is 1. The van der Waals surface area contributed by atoms with Crippen LogP contribution in [-0.4, -0.2) is 46.6 Å². The molecular formula is C13H18N2O4. The molecule has 0 bridgehead atoms. The number of pyridine rings is 1. The number of rotatable bonds is 6. The molecule has 0 aliphatic rings. The molecule has 0 aromatic carbocycles. The number of hydrogen-bond acceptors (Lipinski definition) is 4. The summed E-state index contributed by atoms with van der Waals surface area (Å²) in [4.78, 5) is 28.1. The van der Waals surface area contributed by atoms with Crippen molar-refractivity contribution in [3.63, 3.8) is 0 Å². The minimum atomic E-state index is -1.02. The summed E-state index contributed by atoms with van der Waals surface area (Å²) in [7, 11) is 1.47. The number of aliphatic carboxylic acids is 1. The van der Waals surface area contributed by atoms with E-state index in [4.69, 9.17) is 9.84 Å². The van der Waals surface area contributed by atoms with E-state index in [9.17, 15) is 9.59 Å². The Kier molecular flexibility index (Phi) is 5.29. The number of nitrogens with zero attached hydrogens (tertiary/aromatic N) is 2. The normalized spacial score (nSPS) is 12.0. The standard InChI is InChI=1S/C13H18N2O4/c1-9(2)12(13(17)18)15(3)11(16)8-19-10-5-4-6-14-7-10/h4-7,9,12H,8H2,1-3H3,(H,17,18). The highest BCUT2D eigenvalue weighted by Gasteiger charge is 2.29. The Labute approximate surface area is 112 Å². The van der Waals surface area contributed by atoms with Crippen LogP contribution < -0.4 is 4.74 Å². The van der Waals surface area contributed by atoms with Crippen LogP contribution >= 0.6 is 0 Å². The van der Waals surface area contributed by atoms with Gasteiger partial charge in [-0.25, -0.2) is 4.79 Å². The molecule has 1 unspecified atom stereocenters. The Bertz CT molecular complexity index is 434. The minimum Gasteiger partial charge on any atom is -0.482 e. The zero-order chi connectivity index (χ0) is 14.4. The molecule has 104 valence electrons. The van der Waals surface area contributed by atoms with Crippen LogP contribution in [0.15, 0.2) is 24.5 Å². The molecule has 6 nitrogen and oxygen atoms in total. The number of carboxylic acid groups (broad SMARTS) is 1. The minimum absolute atomic E-state index is 0.176. The molecule has 6 heteroatoms. The molecule has 1 atom stereocenters. The van der Waals surface area contributed by atoms with Gasteiger partial charge in [-0.05, 0) is 18.1 Å². The molecule has 1 N–H and O–H groups in total. The average Bonchev–Trinajstić information content (AvgIpc) is 2.36. The van der Waals surface area contributed by atoms with Crippen molar-refractivity contribution in [2.75, 3.05) is 13.7 Å². The van der Waals surface area contributed by atoms with Gasteiger partial charge in [-0.2, -0.15) is 0 Å². The van der Waals surface area contributed by atoms with Crippen molar-refractivity contribution in [1.29, 1.82) is 0 Å². The van der Waals surface area contributed by atoms with Crippen molar-refractivity contribution in [1.82, 2.24) is 9.88 Å². The number of amides is 1. The summed E-state index contributed by atoms with van der Waals surface area (Å²) in [6.45, 7) is 3.30. The number of aromatic nitrogens is 1. The van der Waals surface area contributed by atoms with Crippen molar-refractivity contribution in [3.05, 3.63) is 24.5 Å². The van der Waals surface area contributed by atoms with E-state index in [1.165, 1.54) is 18.1 Å². The third-order valence-corrected chi connectivity index (χ3v) is 2.69. The van der Waals surface area contributed by atoms with Crippen molar-refractivity contribution < 1.29 is 19.4 Å². The van der Waals surface area contributed by atoms with Crippen LogP contribution in [0.2, 0.25) is 0 Å². The zero-order valence-electron chi connectivity index (χ0n) is 11.2. The Hall–Kier alpha value is -2.11. The van der Waals surface area contributed by atoms with Gasteiger partial charge in [-0.1, -0.05) is 13.8 Å². The van der Waals surface area contributed by atoms with Crippen LogP contribution in [-0.2, 0) is 9.59 Å². The summed E-state index contributed by atoms with van der Waals surface area (Å²) < 4.78 is 5.25. The topological polar surface area (TPSA) is 79.7 Å². The predicted molar refractivity (Wildman–Crippen MR) is 68.8 cm³/mol. The second-order valence-corrected chi connectivity index (χ2v) is 4.51. The Morgan fingerprint density at radius 1 is 1.47 bits per heavy atom. The quantitative estimate of drug-likeness (QED) is 0.831. The van der Waals surface area contributed by atoms with Crippen LogP contribution in [0, 0.1) is 5.92 Å². The van der Waals surface area contributed by atoms with Gasteiger partial charge in [0.2, 0.25) is 0 Å². The SMILES string of the molecule is CC(C)C(C(=O)O)N(C)C(=O)COc1cccnc1. The molecule has 1 heterocycles. The first kappa shape index (κ1) is 14.9. The van der Waals surface area contributed by atoms with E-state index >= 15 is 0 Å². The maximum absolute atomic E-state index is 11.9. The highest BCUT2D eigenvalue weighted by molar-refractivity contribution is 5.84. The highest BCUT2D eigenvalue weighted by Crippen LogP contribution is 2.11. The predicted octanol–water partition coefficient (Wildman–Crippen LogP) is 1.03. The summed E-state index contributed by atoms with van der Waals surface area (Å²) in [6, 6.07) is 2.51. The van der Waals surface area contributed by atoms with Crippen molar-refractivity contribution in [2.45, 2.75) is 19.9 Å². The Balaban J connectivity index is 2.59. The van der Waals surface area contributed by atoms with Gasteiger partial charge in [0.1, 0.15) is 11.8 Å². The summed E-state index contributed by atoms with van der Waals surface area (Å²) in [5.41, 5.74) is 0. The number of likely N-dealkylation sites (N-methyl/N-ethyl adjacent to an activating group) is 1. The lowest BCUT2D eigenvalue weighted by atomic mass is 10.0. The van der Waals surface area contributed by atoms with E-state index in [0.717, 1.165) is 0 Å². The summed E-state index contributed by atoms with van der Waals surface area (Å²) in [5, 5.41) is 9.10. The van der Waals surface area contributed by atoms with Crippen molar-refractivity contribution >= 4 is 11.9 Å². The summed E-state index contributed by atoms with van der Waals surface area (Å²) in [5.74, 6) is -1.11. The first-order valence-corrected chi connectivity index (χ1v) is 5.94. The van der Waals surface area contributed by atoms with Gasteiger partial charge >= 0.3 is 5.97 Å². The van der Waals surface area contributed by atoms with E-state index < -0.39 is 12.0 Å². The van der Waals surface area contributed by atoms with Crippen LogP contribution in [0.5, 0.6) is 5.75 Å². The van der Waals surface area contributed by atoms with E-state index in [1.807, 2.05) is 0 Å². The lowest BCUT2D eigenvalue weighted by Crippen LogP contribution is -2.47. The molecule has 0 fully saturated rings. The first-order chi connectivity index (χ1) is 8.93. The molecule has 0 spiro atoms. The summed E-state index contributed by atoms with van der Waals surface area (Å²) in [6.07, 6.45) is 3.09. The lowest BCUT2D eigenvalue weighted by Gasteiger charge is -2.27. The molecule has 0 radical (unpaired) electrons. The third-order valence-electron chi connectivity index (χ3n) is 2.69. The van der Waals surface area contributed by atoms with Gasteiger partial charge in [0.05, 0.1) is 6.20 Å². The average molecular weight is 266 g/mol. The lowest BCUT2D eigenvalue weighted by molar-refractivity contribution is -0.151. The fourth-order valence-electron chi connectivity index (χ4n) is 1.73. The number of carboxylic acids is 1. The van der Waals surface area contributed by atoms with Gasteiger partial charge in [-0.3, -0.25) is 9.78 Å². The molecule has 1 rings (SSSR count). The second kappa shape index (κ2) is 6.72. The molecular weight excluding hydrogens is 248 g/mol. The fourth-order valence-corrected chi connectivity index (χ4v) is 1.73. The van der Waals surface area contributed by atoms with Crippen molar-refractivity contribution in [2.24, 2.45) is 5.92 Å². The maximum atomic E-state index is 11.9. The van der Waals surface area contributed by atoms with E-state index in [2.05, 4.69) is 4.98 Å². The molecule has 0 saturated carbocycles. The Morgan fingerprint density at radius 3 is 2.63 bits per heavy atom. The van der Waals surface area contributed by atoms with Gasteiger partial charge in [0.25, 0.3) is 5.91 Å². The molecule has 1 aromatic heterocycles. The zero-order valence-corrected chi connectivity index (χ0v) is 11.2. The molecule has 0 aliphatic heterocycles. The maximum Gasteiger partial charge on any atom is 0.326 e. The molecule has 1 aromatic rings. The highest BCUT2D eigenvalue weighted by atomic mass is 16.5. The van der Waals surface area contributed by atoms with E-state index in [-0.39, 0.29) is 18.4 Å². The molecule has 0 aliphatic carbocycles. The van der Waals surface area contributed by atoms with Crippen LogP contribution in [0.1, 0.15) is 13.8 Å². The fraction of sp³-hybridized carbons (Fsp3) is 0.462.